The standard InChI is InChI=1S/C12H17F3INO3/c1-20-11(19)9(16)6-17-10(18)7-3-2-4-8(5-7)12(13,14)15/h7-9H,2-6H2,1H3,(H,17,18). The Morgan fingerprint density at radius 2 is 2.05 bits per heavy atom. The number of rotatable bonds is 4. The number of carbonyl (C=O) groups is 2. The molecule has 0 aliphatic heterocycles. The Labute approximate surface area is 128 Å². The van der Waals surface area contributed by atoms with Crippen LogP contribution in [-0.4, -0.2) is 35.6 Å². The predicted octanol–water partition coefficient (Wildman–Crippen LogP) is 2.45. The van der Waals surface area contributed by atoms with Crippen LogP contribution in [0.2, 0.25) is 0 Å². The molecule has 20 heavy (non-hydrogen) atoms. The SMILES string of the molecule is COC(=O)C(I)CNC(=O)C1CCCC(C(F)(F)F)C1. The lowest BCUT2D eigenvalue weighted by Gasteiger charge is -2.29. The highest BCUT2D eigenvalue weighted by Crippen LogP contribution is 2.39. The minimum Gasteiger partial charge on any atom is -0.468 e. The van der Waals surface area contributed by atoms with E-state index >= 15 is 0 Å². The fraction of sp³-hybridized carbons (Fsp3) is 0.833. The van der Waals surface area contributed by atoms with Crippen molar-refractivity contribution in [2.75, 3.05) is 13.7 Å². The van der Waals surface area contributed by atoms with E-state index in [4.69, 9.17) is 0 Å². The largest absolute Gasteiger partial charge is 0.468 e. The average Bonchev–Trinajstić information content (AvgIpc) is 2.42. The number of carbonyl (C=O) groups excluding carboxylic acids is 2. The Morgan fingerprint density at radius 3 is 2.60 bits per heavy atom. The number of halogens is 4. The van der Waals surface area contributed by atoms with Crippen LogP contribution in [-0.2, 0) is 14.3 Å². The van der Waals surface area contributed by atoms with E-state index in [-0.39, 0.29) is 19.4 Å². The maximum atomic E-state index is 12.6. The minimum atomic E-state index is -4.24. The van der Waals surface area contributed by atoms with Gasteiger partial charge in [0.05, 0.1) is 13.0 Å². The van der Waals surface area contributed by atoms with Gasteiger partial charge in [-0.05, 0) is 19.3 Å². The van der Waals surface area contributed by atoms with Crippen molar-refractivity contribution in [3.8, 4) is 0 Å². The topological polar surface area (TPSA) is 55.4 Å². The zero-order valence-corrected chi connectivity index (χ0v) is 13.2. The first-order valence-electron chi connectivity index (χ1n) is 6.32. The van der Waals surface area contributed by atoms with Gasteiger partial charge < -0.3 is 10.1 Å². The highest BCUT2D eigenvalue weighted by molar-refractivity contribution is 14.1. The molecule has 0 aromatic heterocycles. The molecule has 116 valence electrons. The molecule has 1 N–H and O–H groups in total. The van der Waals surface area contributed by atoms with Gasteiger partial charge in [-0.3, -0.25) is 9.59 Å². The molecule has 0 heterocycles. The predicted molar refractivity (Wildman–Crippen MR) is 74.3 cm³/mol. The monoisotopic (exact) mass is 407 g/mol. The molecule has 3 atom stereocenters. The van der Waals surface area contributed by atoms with E-state index in [0.717, 1.165) is 0 Å². The molecule has 4 nitrogen and oxygen atoms in total. The second-order valence-electron chi connectivity index (χ2n) is 4.84. The number of hydrogen-bond acceptors (Lipinski definition) is 3. The van der Waals surface area contributed by atoms with Crippen molar-refractivity contribution in [3.63, 3.8) is 0 Å². The molecule has 8 heteroatoms. The first-order chi connectivity index (χ1) is 9.25. The number of nitrogens with one attached hydrogen (secondary N) is 1. The van der Waals surface area contributed by atoms with E-state index in [9.17, 15) is 22.8 Å². The van der Waals surface area contributed by atoms with Crippen molar-refractivity contribution < 1.29 is 27.5 Å². The van der Waals surface area contributed by atoms with Crippen LogP contribution in [0.3, 0.4) is 0 Å². The van der Waals surface area contributed by atoms with Crippen LogP contribution in [0.5, 0.6) is 0 Å². The zero-order chi connectivity index (χ0) is 15.3. The second-order valence-corrected chi connectivity index (χ2v) is 6.34. The maximum absolute atomic E-state index is 12.6. The summed E-state index contributed by atoms with van der Waals surface area (Å²) in [6.07, 6.45) is -3.46. The van der Waals surface area contributed by atoms with Gasteiger partial charge in [0.25, 0.3) is 0 Å². The molecule has 3 unspecified atom stereocenters. The van der Waals surface area contributed by atoms with E-state index in [0.29, 0.717) is 12.8 Å². The smallest absolute Gasteiger partial charge is 0.391 e. The second kappa shape index (κ2) is 7.46. The van der Waals surface area contributed by atoms with Gasteiger partial charge in [0.15, 0.2) is 0 Å². The van der Waals surface area contributed by atoms with E-state index in [2.05, 4.69) is 10.1 Å². The zero-order valence-electron chi connectivity index (χ0n) is 11.0. The summed E-state index contributed by atoms with van der Waals surface area (Å²) in [6, 6.07) is 0. The van der Waals surface area contributed by atoms with Crippen molar-refractivity contribution in [2.24, 2.45) is 11.8 Å². The van der Waals surface area contributed by atoms with Gasteiger partial charge >= 0.3 is 12.1 Å². The average molecular weight is 407 g/mol. The minimum absolute atomic E-state index is 0.0687. The van der Waals surface area contributed by atoms with Gasteiger partial charge in [0.2, 0.25) is 5.91 Å². The fourth-order valence-electron chi connectivity index (χ4n) is 2.27. The first-order valence-corrected chi connectivity index (χ1v) is 7.56. The molecule has 1 fully saturated rings. The molecule has 1 amide bonds. The molecule has 1 aliphatic rings. The molecule has 0 aromatic rings. The molecule has 1 aliphatic carbocycles. The Kier molecular flexibility index (Phi) is 6.53. The number of alkyl halides is 4. The van der Waals surface area contributed by atoms with E-state index < -0.39 is 33.8 Å². The quantitative estimate of drug-likeness (QED) is 0.443. The lowest BCUT2D eigenvalue weighted by atomic mass is 9.80. The third-order valence-corrected chi connectivity index (χ3v) is 4.37. The molecule has 0 spiro atoms. The highest BCUT2D eigenvalue weighted by Gasteiger charge is 2.43. The van der Waals surface area contributed by atoms with Gasteiger partial charge in [0.1, 0.15) is 3.92 Å². The number of hydrogen-bond donors (Lipinski definition) is 1. The van der Waals surface area contributed by atoms with Crippen molar-refractivity contribution in [1.29, 1.82) is 0 Å². The molecule has 0 saturated heterocycles. The summed E-state index contributed by atoms with van der Waals surface area (Å²) in [6.45, 7) is 0.0687. The van der Waals surface area contributed by atoms with Crippen molar-refractivity contribution in [1.82, 2.24) is 5.32 Å². The molecule has 0 bridgehead atoms. The summed E-state index contributed by atoms with van der Waals surface area (Å²) in [5.74, 6) is -2.91. The number of methoxy groups -OCH3 is 1. The van der Waals surface area contributed by atoms with Gasteiger partial charge in [0, 0.05) is 12.5 Å². The summed E-state index contributed by atoms with van der Waals surface area (Å²) in [4.78, 5) is 23.0. The molecular formula is C12H17F3INO3. The third-order valence-electron chi connectivity index (χ3n) is 3.42. The summed E-state index contributed by atoms with van der Waals surface area (Å²) in [7, 11) is 1.24. The van der Waals surface area contributed by atoms with Gasteiger partial charge in [-0.1, -0.05) is 29.0 Å². The van der Waals surface area contributed by atoms with E-state index in [1.54, 1.807) is 0 Å². The summed E-state index contributed by atoms with van der Waals surface area (Å²) in [5.41, 5.74) is 0. The Bertz CT molecular complexity index is 362. The van der Waals surface area contributed by atoms with Crippen LogP contribution in [0, 0.1) is 11.8 Å². The Morgan fingerprint density at radius 1 is 1.40 bits per heavy atom. The van der Waals surface area contributed by atoms with E-state index in [1.165, 1.54) is 7.11 Å². The lowest BCUT2D eigenvalue weighted by Crippen LogP contribution is -2.40. The van der Waals surface area contributed by atoms with Crippen molar-refractivity contribution >= 4 is 34.5 Å². The highest BCUT2D eigenvalue weighted by atomic mass is 127. The normalized spacial score (nSPS) is 24.9. The molecule has 0 radical (unpaired) electrons. The third kappa shape index (κ3) is 5.10. The van der Waals surface area contributed by atoms with Crippen LogP contribution in [0.4, 0.5) is 13.2 Å². The van der Waals surface area contributed by atoms with Gasteiger partial charge in [-0.15, -0.1) is 0 Å². The molecule has 1 rings (SSSR count). The number of ether oxygens (including phenoxy) is 1. The summed E-state index contributed by atoms with van der Waals surface area (Å²) in [5, 5.41) is 2.52. The maximum Gasteiger partial charge on any atom is 0.391 e. The molecule has 0 aromatic carbocycles. The summed E-state index contributed by atoms with van der Waals surface area (Å²) < 4.78 is 41.9. The van der Waals surface area contributed by atoms with Gasteiger partial charge in [-0.2, -0.15) is 13.2 Å². The van der Waals surface area contributed by atoms with Crippen molar-refractivity contribution in [2.45, 2.75) is 35.8 Å². The molecule has 1 saturated carbocycles. The number of esters is 1. The molecular weight excluding hydrogens is 390 g/mol. The number of amides is 1. The van der Waals surface area contributed by atoms with Crippen LogP contribution in [0.1, 0.15) is 25.7 Å². The van der Waals surface area contributed by atoms with Crippen LogP contribution < -0.4 is 5.32 Å². The van der Waals surface area contributed by atoms with Crippen molar-refractivity contribution in [3.05, 3.63) is 0 Å². The van der Waals surface area contributed by atoms with E-state index in [1.807, 2.05) is 22.6 Å². The fourth-order valence-corrected chi connectivity index (χ4v) is 2.75. The van der Waals surface area contributed by atoms with Crippen LogP contribution >= 0.6 is 22.6 Å². The Balaban J connectivity index is 2.45. The summed E-state index contributed by atoms with van der Waals surface area (Å²) >= 11 is 1.82. The Hall–Kier alpha value is -0.540. The lowest BCUT2D eigenvalue weighted by molar-refractivity contribution is -0.186. The van der Waals surface area contributed by atoms with Crippen LogP contribution in [0.25, 0.3) is 0 Å². The van der Waals surface area contributed by atoms with Gasteiger partial charge in [-0.25, -0.2) is 0 Å². The van der Waals surface area contributed by atoms with Crippen LogP contribution in [0.15, 0.2) is 0 Å². The first kappa shape index (κ1) is 17.5.